The van der Waals surface area contributed by atoms with Crippen molar-refractivity contribution >= 4 is 34.1 Å². The highest BCUT2D eigenvalue weighted by Crippen LogP contribution is 2.17. The van der Waals surface area contributed by atoms with Crippen LogP contribution in [-0.2, 0) is 13.2 Å². The van der Waals surface area contributed by atoms with E-state index in [1.807, 2.05) is 25.3 Å². The van der Waals surface area contributed by atoms with E-state index in [1.54, 1.807) is 53.8 Å². The number of ether oxygens (including phenoxy) is 1. The molecule has 0 spiro atoms. The first kappa shape index (κ1) is 20.5. The molecule has 0 saturated heterocycles. The molecule has 0 saturated carbocycles. The molecule has 0 aliphatic heterocycles. The Labute approximate surface area is 182 Å². The number of carbonyl (C=O) groups is 1. The van der Waals surface area contributed by atoms with Gasteiger partial charge in [-0.25, -0.2) is 9.97 Å². The molecule has 9 heteroatoms. The molecule has 0 atom stereocenters. The van der Waals surface area contributed by atoms with E-state index in [2.05, 4.69) is 20.8 Å². The SMILES string of the molecule is CCn1c(NNC(=O)c2cccc(OCc3csc(C)n3)c2)nc2ccccc2c1=O. The number of rotatable bonds is 7. The van der Waals surface area contributed by atoms with Crippen molar-refractivity contribution in [1.29, 1.82) is 0 Å². The Hall–Kier alpha value is -3.72. The lowest BCUT2D eigenvalue weighted by Gasteiger charge is -2.14. The number of anilines is 1. The molecule has 0 bridgehead atoms. The number of fused-ring (bicyclic) bond motifs is 1. The number of amides is 1. The molecule has 2 heterocycles. The van der Waals surface area contributed by atoms with E-state index < -0.39 is 0 Å². The lowest BCUT2D eigenvalue weighted by atomic mass is 10.2. The number of aryl methyl sites for hydroxylation is 1. The molecule has 0 aliphatic carbocycles. The van der Waals surface area contributed by atoms with Gasteiger partial charge in [-0.15, -0.1) is 11.3 Å². The molecule has 1 amide bonds. The third-order valence-corrected chi connectivity index (χ3v) is 5.44. The maximum atomic E-state index is 12.7. The van der Waals surface area contributed by atoms with Crippen molar-refractivity contribution in [3.63, 3.8) is 0 Å². The van der Waals surface area contributed by atoms with Crippen LogP contribution in [0.5, 0.6) is 5.75 Å². The number of hydrogen-bond donors (Lipinski definition) is 2. The van der Waals surface area contributed by atoms with E-state index in [1.165, 1.54) is 4.57 Å². The van der Waals surface area contributed by atoms with Gasteiger partial charge in [0.25, 0.3) is 11.5 Å². The van der Waals surface area contributed by atoms with Gasteiger partial charge in [-0.05, 0) is 44.2 Å². The number of thiazole rings is 1. The number of para-hydroxylation sites is 1. The van der Waals surface area contributed by atoms with Gasteiger partial charge in [-0.2, -0.15) is 0 Å². The Bertz CT molecular complexity index is 1300. The molecule has 4 aromatic rings. The first-order chi connectivity index (χ1) is 15.0. The Kier molecular flexibility index (Phi) is 5.94. The summed E-state index contributed by atoms with van der Waals surface area (Å²) in [5.74, 6) is 0.457. The van der Waals surface area contributed by atoms with Crippen LogP contribution < -0.4 is 21.1 Å². The molecular weight excluding hydrogens is 414 g/mol. The number of aromatic nitrogens is 3. The van der Waals surface area contributed by atoms with Gasteiger partial charge < -0.3 is 4.74 Å². The standard InChI is InChI=1S/C22H21N5O3S/c1-3-27-21(29)18-9-4-5-10-19(18)24-22(27)26-25-20(28)15-7-6-8-17(11-15)30-12-16-13-31-14(2)23-16/h4-11,13H,3,12H2,1-2H3,(H,24,26)(H,25,28). The Morgan fingerprint density at radius 3 is 2.77 bits per heavy atom. The Balaban J connectivity index is 1.47. The Morgan fingerprint density at radius 1 is 1.16 bits per heavy atom. The van der Waals surface area contributed by atoms with Crippen molar-refractivity contribution in [3.8, 4) is 5.75 Å². The summed E-state index contributed by atoms with van der Waals surface area (Å²) in [7, 11) is 0. The maximum absolute atomic E-state index is 12.7. The lowest BCUT2D eigenvalue weighted by Crippen LogP contribution is -2.34. The van der Waals surface area contributed by atoms with Gasteiger partial charge in [0.15, 0.2) is 0 Å². The predicted molar refractivity (Wildman–Crippen MR) is 120 cm³/mol. The van der Waals surface area contributed by atoms with E-state index in [4.69, 9.17) is 4.74 Å². The zero-order valence-corrected chi connectivity index (χ0v) is 17.9. The minimum absolute atomic E-state index is 0.169. The van der Waals surface area contributed by atoms with Gasteiger partial charge in [0.1, 0.15) is 12.4 Å². The van der Waals surface area contributed by atoms with Crippen LogP contribution in [-0.4, -0.2) is 20.4 Å². The smallest absolute Gasteiger partial charge is 0.269 e. The second-order valence-electron chi connectivity index (χ2n) is 6.76. The average Bonchev–Trinajstić information content (AvgIpc) is 3.21. The molecule has 2 aromatic carbocycles. The van der Waals surface area contributed by atoms with Crippen LogP contribution in [0.1, 0.15) is 28.0 Å². The maximum Gasteiger partial charge on any atom is 0.269 e. The highest BCUT2D eigenvalue weighted by molar-refractivity contribution is 7.09. The fourth-order valence-corrected chi connectivity index (χ4v) is 3.70. The molecule has 0 radical (unpaired) electrons. The van der Waals surface area contributed by atoms with E-state index in [0.29, 0.717) is 35.4 Å². The van der Waals surface area contributed by atoms with Crippen molar-refractivity contribution < 1.29 is 9.53 Å². The minimum Gasteiger partial charge on any atom is -0.487 e. The third-order valence-electron chi connectivity index (χ3n) is 4.62. The van der Waals surface area contributed by atoms with Crippen LogP contribution in [0.4, 0.5) is 5.95 Å². The monoisotopic (exact) mass is 435 g/mol. The van der Waals surface area contributed by atoms with Crippen LogP contribution in [0.25, 0.3) is 10.9 Å². The van der Waals surface area contributed by atoms with Crippen molar-refractivity contribution in [2.45, 2.75) is 27.0 Å². The van der Waals surface area contributed by atoms with Gasteiger partial charge in [0, 0.05) is 17.5 Å². The summed E-state index contributed by atoms with van der Waals surface area (Å²) >= 11 is 1.56. The lowest BCUT2D eigenvalue weighted by molar-refractivity contribution is 0.0961. The molecule has 2 N–H and O–H groups in total. The minimum atomic E-state index is -0.375. The second kappa shape index (κ2) is 8.97. The van der Waals surface area contributed by atoms with E-state index in [0.717, 1.165) is 10.7 Å². The van der Waals surface area contributed by atoms with Gasteiger partial charge in [0.2, 0.25) is 5.95 Å². The molecule has 0 fully saturated rings. The van der Waals surface area contributed by atoms with Gasteiger partial charge in [0.05, 0.1) is 21.6 Å². The van der Waals surface area contributed by atoms with Crippen LogP contribution in [0.15, 0.2) is 58.7 Å². The average molecular weight is 436 g/mol. The summed E-state index contributed by atoms with van der Waals surface area (Å²) in [6.45, 7) is 4.52. The summed E-state index contributed by atoms with van der Waals surface area (Å²) in [6.07, 6.45) is 0. The van der Waals surface area contributed by atoms with E-state index >= 15 is 0 Å². The number of hydrazine groups is 1. The number of hydrogen-bond acceptors (Lipinski definition) is 7. The third kappa shape index (κ3) is 4.56. The highest BCUT2D eigenvalue weighted by Gasteiger charge is 2.12. The number of nitrogens with one attached hydrogen (secondary N) is 2. The summed E-state index contributed by atoms with van der Waals surface area (Å²) in [6, 6.07) is 14.0. The van der Waals surface area contributed by atoms with Crippen LogP contribution in [0.2, 0.25) is 0 Å². The first-order valence-corrected chi connectivity index (χ1v) is 10.6. The molecular formula is C22H21N5O3S. The molecule has 4 rings (SSSR count). The van der Waals surface area contributed by atoms with Crippen molar-refractivity contribution in [2.24, 2.45) is 0 Å². The molecule has 8 nitrogen and oxygen atoms in total. The number of carbonyl (C=O) groups excluding carboxylic acids is 1. The van der Waals surface area contributed by atoms with Crippen molar-refractivity contribution in [2.75, 3.05) is 5.43 Å². The molecule has 31 heavy (non-hydrogen) atoms. The summed E-state index contributed by atoms with van der Waals surface area (Å²) in [5.41, 5.74) is 7.03. The number of nitrogens with zero attached hydrogens (tertiary/aromatic N) is 3. The molecule has 0 unspecified atom stereocenters. The summed E-state index contributed by atoms with van der Waals surface area (Å²) in [5, 5.41) is 3.45. The number of benzene rings is 2. The molecule has 2 aromatic heterocycles. The van der Waals surface area contributed by atoms with Crippen molar-refractivity contribution in [3.05, 3.63) is 80.5 Å². The second-order valence-corrected chi connectivity index (χ2v) is 7.82. The van der Waals surface area contributed by atoms with E-state index in [-0.39, 0.29) is 17.4 Å². The van der Waals surface area contributed by atoms with Gasteiger partial charge in [-0.3, -0.25) is 25.0 Å². The molecule has 0 aliphatic rings. The van der Waals surface area contributed by atoms with Gasteiger partial charge >= 0.3 is 0 Å². The zero-order chi connectivity index (χ0) is 21.8. The quantitative estimate of drug-likeness (QED) is 0.431. The van der Waals surface area contributed by atoms with E-state index in [9.17, 15) is 9.59 Å². The van der Waals surface area contributed by atoms with Gasteiger partial charge in [-0.1, -0.05) is 18.2 Å². The first-order valence-electron chi connectivity index (χ1n) is 9.75. The fourth-order valence-electron chi connectivity index (χ4n) is 3.10. The summed E-state index contributed by atoms with van der Waals surface area (Å²) < 4.78 is 7.22. The normalized spacial score (nSPS) is 10.8. The largest absolute Gasteiger partial charge is 0.487 e. The summed E-state index contributed by atoms with van der Waals surface area (Å²) in [4.78, 5) is 34.1. The predicted octanol–water partition coefficient (Wildman–Crippen LogP) is 3.52. The van der Waals surface area contributed by atoms with Crippen LogP contribution >= 0.6 is 11.3 Å². The molecule has 158 valence electrons. The topological polar surface area (TPSA) is 98.1 Å². The Morgan fingerprint density at radius 2 is 2.00 bits per heavy atom. The zero-order valence-electron chi connectivity index (χ0n) is 17.1. The fraction of sp³-hybridized carbons (Fsp3) is 0.182. The van der Waals surface area contributed by atoms with Crippen LogP contribution in [0, 0.1) is 6.92 Å². The van der Waals surface area contributed by atoms with Crippen molar-refractivity contribution in [1.82, 2.24) is 20.0 Å². The highest BCUT2D eigenvalue weighted by atomic mass is 32.1. The van der Waals surface area contributed by atoms with Crippen LogP contribution in [0.3, 0.4) is 0 Å².